The van der Waals surface area contributed by atoms with E-state index in [0.29, 0.717) is 10.9 Å². The lowest BCUT2D eigenvalue weighted by molar-refractivity contribution is -0.134. The Kier molecular flexibility index (Phi) is 4.39. The lowest BCUT2D eigenvalue weighted by atomic mass is 10.3. The molecule has 100 valence electrons. The maximum Gasteiger partial charge on any atom is 0.313 e. The fourth-order valence-corrected chi connectivity index (χ4v) is 2.82. The number of benzene rings is 1. The zero-order chi connectivity index (χ0) is 13.8. The molecular formula is C12H12N2O3S2. The number of nitrogens with zero attached hydrogens (tertiary/aromatic N) is 1. The first kappa shape index (κ1) is 13.8. The zero-order valence-corrected chi connectivity index (χ0v) is 11.5. The van der Waals surface area contributed by atoms with Gasteiger partial charge in [-0.05, 0) is 24.4 Å². The molecule has 0 aromatic heterocycles. The largest absolute Gasteiger partial charge is 0.481 e. The molecule has 0 bridgehead atoms. The molecule has 0 radical (unpaired) electrons. The molecule has 0 saturated carbocycles. The summed E-state index contributed by atoms with van der Waals surface area (Å²) in [7, 11) is 0. The second kappa shape index (κ2) is 6.03. The summed E-state index contributed by atoms with van der Waals surface area (Å²) >= 11 is 6.34. The fourth-order valence-electron chi connectivity index (χ4n) is 1.73. The third kappa shape index (κ3) is 3.24. The van der Waals surface area contributed by atoms with E-state index in [-0.39, 0.29) is 11.7 Å². The van der Waals surface area contributed by atoms with Crippen molar-refractivity contribution in [3.8, 4) is 0 Å². The highest BCUT2D eigenvalue weighted by Gasteiger charge is 2.36. The lowest BCUT2D eigenvalue weighted by Crippen LogP contribution is -2.32. The first-order chi connectivity index (χ1) is 9.09. The summed E-state index contributed by atoms with van der Waals surface area (Å²) < 4.78 is 0. The second-order valence-corrected chi connectivity index (χ2v) is 5.34. The molecule has 1 aromatic carbocycles. The molecule has 1 aliphatic heterocycles. The Bertz CT molecular complexity index is 507. The minimum atomic E-state index is -0.891. The Balaban J connectivity index is 2.03. The van der Waals surface area contributed by atoms with E-state index in [9.17, 15) is 9.59 Å². The van der Waals surface area contributed by atoms with Crippen molar-refractivity contribution in [1.82, 2.24) is 5.32 Å². The second-order valence-electron chi connectivity index (χ2n) is 3.92. The van der Waals surface area contributed by atoms with E-state index in [0.717, 1.165) is 5.69 Å². The van der Waals surface area contributed by atoms with Crippen LogP contribution in [0.3, 0.4) is 0 Å². The molecule has 1 aliphatic rings. The highest BCUT2D eigenvalue weighted by molar-refractivity contribution is 8.00. The Morgan fingerprint density at radius 3 is 2.74 bits per heavy atom. The summed E-state index contributed by atoms with van der Waals surface area (Å²) in [5.74, 6) is -0.676. The topological polar surface area (TPSA) is 69.6 Å². The van der Waals surface area contributed by atoms with Crippen LogP contribution in [0.15, 0.2) is 30.3 Å². The van der Waals surface area contributed by atoms with E-state index < -0.39 is 12.0 Å². The van der Waals surface area contributed by atoms with E-state index >= 15 is 0 Å². The van der Waals surface area contributed by atoms with Crippen LogP contribution in [-0.2, 0) is 9.59 Å². The first-order valence-electron chi connectivity index (χ1n) is 5.58. The highest BCUT2D eigenvalue weighted by Crippen LogP contribution is 2.20. The van der Waals surface area contributed by atoms with Gasteiger partial charge in [-0.15, -0.1) is 11.8 Å². The van der Waals surface area contributed by atoms with Crippen LogP contribution in [-0.4, -0.2) is 39.6 Å². The Hall–Kier alpha value is -1.60. The summed E-state index contributed by atoms with van der Waals surface area (Å²) in [6, 6.07) is 8.67. The lowest BCUT2D eigenvalue weighted by Gasteiger charge is -2.14. The van der Waals surface area contributed by atoms with Gasteiger partial charge in [0.2, 0.25) is 0 Å². The molecule has 1 aromatic rings. The summed E-state index contributed by atoms with van der Waals surface area (Å²) in [5, 5.41) is 11.9. The van der Waals surface area contributed by atoms with Crippen molar-refractivity contribution in [2.45, 2.75) is 6.04 Å². The average Bonchev–Trinajstić information content (AvgIpc) is 2.65. The van der Waals surface area contributed by atoms with Crippen LogP contribution in [0, 0.1) is 0 Å². The SMILES string of the molecule is O=C(O)CSCC1NC(=S)N(c2ccccc2)C1=O. The van der Waals surface area contributed by atoms with E-state index in [1.165, 1.54) is 16.7 Å². The van der Waals surface area contributed by atoms with Gasteiger partial charge >= 0.3 is 5.97 Å². The Labute approximate surface area is 120 Å². The van der Waals surface area contributed by atoms with E-state index in [4.69, 9.17) is 17.3 Å². The molecule has 1 saturated heterocycles. The zero-order valence-electron chi connectivity index (χ0n) is 9.91. The average molecular weight is 296 g/mol. The van der Waals surface area contributed by atoms with Gasteiger partial charge in [-0.2, -0.15) is 0 Å². The first-order valence-corrected chi connectivity index (χ1v) is 7.15. The number of hydrogen-bond donors (Lipinski definition) is 2. The number of carbonyl (C=O) groups excluding carboxylic acids is 1. The molecule has 2 rings (SSSR count). The van der Waals surface area contributed by atoms with Crippen molar-refractivity contribution in [3.05, 3.63) is 30.3 Å². The molecule has 0 aliphatic carbocycles. The predicted molar refractivity (Wildman–Crippen MR) is 78.4 cm³/mol. The molecule has 1 fully saturated rings. The molecule has 1 amide bonds. The van der Waals surface area contributed by atoms with E-state index in [1.807, 2.05) is 18.2 Å². The van der Waals surface area contributed by atoms with Crippen LogP contribution in [0.4, 0.5) is 5.69 Å². The maximum absolute atomic E-state index is 12.2. The monoisotopic (exact) mass is 296 g/mol. The number of thiocarbonyl (C=S) groups is 1. The van der Waals surface area contributed by atoms with Gasteiger partial charge in [-0.1, -0.05) is 18.2 Å². The van der Waals surface area contributed by atoms with Crippen LogP contribution in [0.25, 0.3) is 0 Å². The van der Waals surface area contributed by atoms with Crippen LogP contribution in [0.5, 0.6) is 0 Å². The van der Waals surface area contributed by atoms with Crippen LogP contribution in [0.2, 0.25) is 0 Å². The number of anilines is 1. The third-order valence-corrected chi connectivity index (χ3v) is 3.86. The standard InChI is InChI=1S/C12H12N2O3S2/c15-10(16)7-19-6-9-11(17)14(12(18)13-9)8-4-2-1-3-5-8/h1-5,9H,6-7H2,(H,13,18)(H,15,16). The minimum Gasteiger partial charge on any atom is -0.481 e. The molecule has 2 N–H and O–H groups in total. The normalized spacial score (nSPS) is 18.5. The van der Waals surface area contributed by atoms with E-state index in [2.05, 4.69) is 5.32 Å². The number of carbonyl (C=O) groups is 2. The van der Waals surface area contributed by atoms with Gasteiger partial charge in [-0.3, -0.25) is 14.5 Å². The number of hydrogen-bond acceptors (Lipinski definition) is 4. The van der Waals surface area contributed by atoms with Gasteiger partial charge in [0.05, 0.1) is 11.4 Å². The number of carboxylic acids is 1. The van der Waals surface area contributed by atoms with Crippen LogP contribution < -0.4 is 10.2 Å². The summed E-state index contributed by atoms with van der Waals surface area (Å²) in [5.41, 5.74) is 0.718. The Morgan fingerprint density at radius 2 is 2.11 bits per heavy atom. The number of rotatable bonds is 5. The smallest absolute Gasteiger partial charge is 0.313 e. The number of aliphatic carboxylic acids is 1. The summed E-state index contributed by atoms with van der Waals surface area (Å²) in [4.78, 5) is 24.1. The minimum absolute atomic E-state index is 0.0242. The van der Waals surface area contributed by atoms with Crippen LogP contribution in [0.1, 0.15) is 0 Å². The van der Waals surface area contributed by atoms with Gasteiger partial charge in [0.25, 0.3) is 5.91 Å². The van der Waals surface area contributed by atoms with Crippen molar-refractivity contribution >= 4 is 46.7 Å². The molecule has 19 heavy (non-hydrogen) atoms. The third-order valence-electron chi connectivity index (χ3n) is 2.54. The van der Waals surface area contributed by atoms with Gasteiger partial charge in [0.15, 0.2) is 5.11 Å². The van der Waals surface area contributed by atoms with Gasteiger partial charge < -0.3 is 10.4 Å². The number of carboxylic acid groups (broad SMARTS) is 1. The van der Waals surface area contributed by atoms with Crippen molar-refractivity contribution < 1.29 is 14.7 Å². The fraction of sp³-hybridized carbons (Fsp3) is 0.250. The van der Waals surface area contributed by atoms with Crippen molar-refractivity contribution in [2.75, 3.05) is 16.4 Å². The van der Waals surface area contributed by atoms with Crippen molar-refractivity contribution in [2.24, 2.45) is 0 Å². The van der Waals surface area contributed by atoms with Gasteiger partial charge in [0, 0.05) is 5.75 Å². The van der Waals surface area contributed by atoms with Crippen LogP contribution >= 0.6 is 24.0 Å². The molecule has 5 nitrogen and oxygen atoms in total. The number of para-hydroxylation sites is 1. The number of thioether (sulfide) groups is 1. The predicted octanol–water partition coefficient (Wildman–Crippen LogP) is 1.09. The molecule has 7 heteroatoms. The van der Waals surface area contributed by atoms with Crippen molar-refractivity contribution in [3.63, 3.8) is 0 Å². The molecule has 1 heterocycles. The quantitative estimate of drug-likeness (QED) is 0.793. The highest BCUT2D eigenvalue weighted by atomic mass is 32.2. The van der Waals surface area contributed by atoms with Crippen molar-refractivity contribution in [1.29, 1.82) is 0 Å². The number of amides is 1. The molecule has 1 unspecified atom stereocenters. The maximum atomic E-state index is 12.2. The molecule has 1 atom stereocenters. The van der Waals surface area contributed by atoms with E-state index in [1.54, 1.807) is 12.1 Å². The summed E-state index contributed by atoms with van der Waals surface area (Å²) in [6.45, 7) is 0. The Morgan fingerprint density at radius 1 is 1.42 bits per heavy atom. The number of nitrogens with one attached hydrogen (secondary N) is 1. The summed E-state index contributed by atoms with van der Waals surface area (Å²) in [6.07, 6.45) is 0. The van der Waals surface area contributed by atoms with Gasteiger partial charge in [0.1, 0.15) is 6.04 Å². The van der Waals surface area contributed by atoms with Gasteiger partial charge in [-0.25, -0.2) is 0 Å². The molecular weight excluding hydrogens is 284 g/mol. The molecule has 0 spiro atoms.